The van der Waals surface area contributed by atoms with Crippen LogP contribution in [0.2, 0.25) is 0 Å². The van der Waals surface area contributed by atoms with Crippen molar-refractivity contribution in [2.24, 2.45) is 5.92 Å². The van der Waals surface area contributed by atoms with E-state index in [1.807, 2.05) is 60.9 Å². The zero-order chi connectivity index (χ0) is 27.0. The van der Waals surface area contributed by atoms with Gasteiger partial charge in [-0.3, -0.25) is 4.79 Å². The number of ether oxygens (including phenoxy) is 2. The van der Waals surface area contributed by atoms with E-state index in [2.05, 4.69) is 30.7 Å². The molecule has 2 aromatic carbocycles. The van der Waals surface area contributed by atoms with Gasteiger partial charge in [0.1, 0.15) is 11.5 Å². The molecule has 0 aliphatic rings. The van der Waals surface area contributed by atoms with E-state index in [1.54, 1.807) is 0 Å². The summed E-state index contributed by atoms with van der Waals surface area (Å²) >= 11 is 0. The molecule has 0 aliphatic heterocycles. The third-order valence-corrected chi connectivity index (χ3v) is 6.81. The molecule has 3 rings (SSSR count). The molecule has 0 spiro atoms. The van der Waals surface area contributed by atoms with Crippen molar-refractivity contribution in [2.75, 3.05) is 6.61 Å². The molecular weight excluding hydrogens is 472 g/mol. The summed E-state index contributed by atoms with van der Waals surface area (Å²) in [5.74, 6) is 2.69. The van der Waals surface area contributed by atoms with Gasteiger partial charge in [0.25, 0.3) is 0 Å². The molecule has 0 fully saturated rings. The highest BCUT2D eigenvalue weighted by Gasteiger charge is 2.08. The number of hydrogen-bond acceptors (Lipinski definition) is 5. The summed E-state index contributed by atoms with van der Waals surface area (Å²) in [4.78, 5) is 21.3. The number of benzene rings is 2. The van der Waals surface area contributed by atoms with Crippen LogP contribution in [0, 0.1) is 5.92 Å². The lowest BCUT2D eigenvalue weighted by Gasteiger charge is -2.09. The van der Waals surface area contributed by atoms with Gasteiger partial charge in [-0.2, -0.15) is 0 Å². The highest BCUT2D eigenvalue weighted by molar-refractivity contribution is 5.73. The first-order chi connectivity index (χ1) is 18.6. The van der Waals surface area contributed by atoms with Gasteiger partial charge in [0.15, 0.2) is 5.82 Å². The van der Waals surface area contributed by atoms with E-state index in [1.165, 1.54) is 44.9 Å². The fourth-order valence-corrected chi connectivity index (χ4v) is 4.52. The van der Waals surface area contributed by atoms with Crippen LogP contribution in [0.4, 0.5) is 0 Å². The third-order valence-electron chi connectivity index (χ3n) is 6.81. The Morgan fingerprint density at radius 2 is 1.37 bits per heavy atom. The van der Waals surface area contributed by atoms with Crippen LogP contribution in [0.25, 0.3) is 22.5 Å². The lowest BCUT2D eigenvalue weighted by atomic mass is 9.99. The molecule has 38 heavy (non-hydrogen) atoms. The number of aromatic nitrogens is 2. The zero-order valence-corrected chi connectivity index (χ0v) is 23.5. The van der Waals surface area contributed by atoms with Gasteiger partial charge in [0.2, 0.25) is 0 Å². The van der Waals surface area contributed by atoms with E-state index in [0.29, 0.717) is 18.0 Å². The molecule has 1 atom stereocenters. The summed E-state index contributed by atoms with van der Waals surface area (Å²) in [5, 5.41) is 0. The molecule has 204 valence electrons. The highest BCUT2D eigenvalue weighted by Crippen LogP contribution is 2.24. The van der Waals surface area contributed by atoms with E-state index in [-0.39, 0.29) is 5.97 Å². The maximum atomic E-state index is 12.2. The lowest BCUT2D eigenvalue weighted by molar-refractivity contribution is -0.134. The molecule has 0 radical (unpaired) electrons. The van der Waals surface area contributed by atoms with Gasteiger partial charge in [-0.05, 0) is 60.7 Å². The normalized spacial score (nSPS) is 11.8. The Hall–Kier alpha value is -3.21. The summed E-state index contributed by atoms with van der Waals surface area (Å²) < 4.78 is 11.4. The first kappa shape index (κ1) is 29.3. The van der Waals surface area contributed by atoms with Crippen molar-refractivity contribution in [1.82, 2.24) is 9.97 Å². The van der Waals surface area contributed by atoms with E-state index >= 15 is 0 Å². The van der Waals surface area contributed by atoms with Crippen LogP contribution in [0.5, 0.6) is 11.5 Å². The maximum Gasteiger partial charge on any atom is 0.311 e. The molecule has 1 aromatic heterocycles. The van der Waals surface area contributed by atoms with Gasteiger partial charge >= 0.3 is 5.97 Å². The van der Waals surface area contributed by atoms with Crippen LogP contribution in [0.1, 0.15) is 91.4 Å². The maximum absolute atomic E-state index is 12.2. The second-order valence-electron chi connectivity index (χ2n) is 10.2. The van der Waals surface area contributed by atoms with Crippen LogP contribution in [-0.2, 0) is 4.79 Å². The first-order valence-corrected chi connectivity index (χ1v) is 14.5. The van der Waals surface area contributed by atoms with Gasteiger partial charge in [-0.25, -0.2) is 9.97 Å². The Labute approximate surface area is 229 Å². The van der Waals surface area contributed by atoms with Crippen molar-refractivity contribution < 1.29 is 14.3 Å². The summed E-state index contributed by atoms with van der Waals surface area (Å²) in [6.45, 7) is 7.48. The number of esters is 1. The van der Waals surface area contributed by atoms with Crippen molar-refractivity contribution in [3.63, 3.8) is 0 Å². The molecule has 5 heteroatoms. The second-order valence-corrected chi connectivity index (χ2v) is 10.2. The van der Waals surface area contributed by atoms with Crippen molar-refractivity contribution in [3.8, 4) is 34.0 Å². The molecule has 3 aromatic rings. The SMILES string of the molecule is CCCCCCCOc1ccc(-c2ncc(-c3ccc(OC(=O)CCCCC(C)CCC)cc3)cn2)cc1. The van der Waals surface area contributed by atoms with Crippen LogP contribution in [0.15, 0.2) is 60.9 Å². The average Bonchev–Trinajstić information content (AvgIpc) is 2.94. The number of rotatable bonds is 17. The van der Waals surface area contributed by atoms with Crippen LogP contribution >= 0.6 is 0 Å². The van der Waals surface area contributed by atoms with Crippen LogP contribution in [-0.4, -0.2) is 22.5 Å². The molecule has 0 saturated carbocycles. The average molecular weight is 517 g/mol. The second kappa shape index (κ2) is 16.6. The summed E-state index contributed by atoms with van der Waals surface area (Å²) in [7, 11) is 0. The zero-order valence-electron chi connectivity index (χ0n) is 23.5. The van der Waals surface area contributed by atoms with E-state index < -0.39 is 0 Å². The smallest absolute Gasteiger partial charge is 0.311 e. The van der Waals surface area contributed by atoms with Gasteiger partial charge in [0, 0.05) is 29.9 Å². The Morgan fingerprint density at radius 1 is 0.711 bits per heavy atom. The number of hydrogen-bond donors (Lipinski definition) is 0. The largest absolute Gasteiger partial charge is 0.494 e. The Kier molecular flexibility index (Phi) is 12.8. The molecule has 1 heterocycles. The minimum Gasteiger partial charge on any atom is -0.494 e. The van der Waals surface area contributed by atoms with Crippen molar-refractivity contribution >= 4 is 5.97 Å². The van der Waals surface area contributed by atoms with Crippen molar-refractivity contribution in [1.29, 1.82) is 0 Å². The predicted molar refractivity (Wildman–Crippen MR) is 155 cm³/mol. The Balaban J connectivity index is 1.44. The topological polar surface area (TPSA) is 61.3 Å². The number of unbranched alkanes of at least 4 members (excludes halogenated alkanes) is 5. The molecule has 5 nitrogen and oxygen atoms in total. The van der Waals surface area contributed by atoms with Gasteiger partial charge in [-0.15, -0.1) is 0 Å². The first-order valence-electron chi connectivity index (χ1n) is 14.5. The van der Waals surface area contributed by atoms with E-state index in [0.717, 1.165) is 54.2 Å². The quantitative estimate of drug-likeness (QED) is 0.102. The van der Waals surface area contributed by atoms with Gasteiger partial charge in [0.05, 0.1) is 6.61 Å². The Bertz CT molecular complexity index is 1060. The van der Waals surface area contributed by atoms with Crippen LogP contribution in [0.3, 0.4) is 0 Å². The fraction of sp³-hybridized carbons (Fsp3) is 0.485. The summed E-state index contributed by atoms with van der Waals surface area (Å²) in [6, 6.07) is 15.5. The molecular formula is C33H44N2O3. The standard InChI is InChI=1S/C33H44N2O3/c1-4-6-7-8-11-23-37-30-19-17-28(18-20-30)33-34-24-29(25-35-33)27-15-21-31(22-16-27)38-32(36)14-10-9-13-26(3)12-5-2/h15-22,24-26H,4-14,23H2,1-3H3. The molecule has 0 aliphatic carbocycles. The highest BCUT2D eigenvalue weighted by atomic mass is 16.5. The fourth-order valence-electron chi connectivity index (χ4n) is 4.52. The van der Waals surface area contributed by atoms with Crippen molar-refractivity contribution in [2.45, 2.75) is 91.4 Å². The van der Waals surface area contributed by atoms with Crippen LogP contribution < -0.4 is 9.47 Å². The predicted octanol–water partition coefficient (Wildman–Crippen LogP) is 9.06. The Morgan fingerprint density at radius 3 is 2.05 bits per heavy atom. The summed E-state index contributed by atoms with van der Waals surface area (Å²) in [5.41, 5.74) is 2.84. The number of carbonyl (C=O) groups excluding carboxylic acids is 1. The van der Waals surface area contributed by atoms with Crippen molar-refractivity contribution in [3.05, 3.63) is 60.9 Å². The molecule has 0 amide bonds. The lowest BCUT2D eigenvalue weighted by Crippen LogP contribution is -2.07. The summed E-state index contributed by atoms with van der Waals surface area (Å²) in [6.07, 6.45) is 15.9. The molecule has 0 saturated heterocycles. The number of carbonyl (C=O) groups is 1. The third kappa shape index (κ3) is 10.3. The van der Waals surface area contributed by atoms with E-state index in [4.69, 9.17) is 9.47 Å². The molecule has 0 bridgehead atoms. The van der Waals surface area contributed by atoms with E-state index in [9.17, 15) is 4.79 Å². The molecule has 0 N–H and O–H groups in total. The molecule has 1 unspecified atom stereocenters. The van der Waals surface area contributed by atoms with Gasteiger partial charge in [-0.1, -0.05) is 84.3 Å². The monoisotopic (exact) mass is 516 g/mol. The minimum atomic E-state index is -0.169. The van der Waals surface area contributed by atoms with Gasteiger partial charge < -0.3 is 9.47 Å². The number of nitrogens with zero attached hydrogens (tertiary/aromatic N) is 2. The minimum absolute atomic E-state index is 0.169.